The minimum Gasteiger partial charge on any atom is -0.471 e. The van der Waals surface area contributed by atoms with E-state index in [0.29, 0.717) is 11.3 Å². The van der Waals surface area contributed by atoms with Crippen LogP contribution in [0, 0.1) is 6.92 Å². The van der Waals surface area contributed by atoms with Crippen LogP contribution >= 0.6 is 12.2 Å². The number of aryl methyl sites for hydroxylation is 1. The van der Waals surface area contributed by atoms with Gasteiger partial charge in [-0.2, -0.15) is 0 Å². The highest BCUT2D eigenvalue weighted by Gasteiger charge is 2.11. The Morgan fingerprint density at radius 1 is 1.60 bits per heavy atom. The Bertz CT molecular complexity index is 371. The van der Waals surface area contributed by atoms with Gasteiger partial charge in [0.2, 0.25) is 5.88 Å². The summed E-state index contributed by atoms with van der Waals surface area (Å²) in [4.78, 5) is 4.02. The van der Waals surface area contributed by atoms with E-state index in [9.17, 15) is 8.78 Å². The van der Waals surface area contributed by atoms with Crippen LogP contribution in [0.5, 0.6) is 5.88 Å². The molecule has 0 unspecified atom stereocenters. The van der Waals surface area contributed by atoms with Gasteiger partial charge in [0.25, 0.3) is 6.43 Å². The third-order valence-electron chi connectivity index (χ3n) is 1.61. The summed E-state index contributed by atoms with van der Waals surface area (Å²) in [5.41, 5.74) is 6.42. The number of thiocarbonyl (C=S) groups is 1. The number of hydrogen-bond donors (Lipinski definition) is 1. The van der Waals surface area contributed by atoms with Crippen molar-refractivity contribution < 1.29 is 13.5 Å². The second kappa shape index (κ2) is 4.97. The van der Waals surface area contributed by atoms with Gasteiger partial charge in [0.15, 0.2) is 6.61 Å². The van der Waals surface area contributed by atoms with E-state index < -0.39 is 13.0 Å². The number of alkyl halides is 2. The summed E-state index contributed by atoms with van der Waals surface area (Å²) in [6, 6.07) is 3.29. The Morgan fingerprint density at radius 2 is 2.27 bits per heavy atom. The zero-order valence-corrected chi connectivity index (χ0v) is 8.85. The van der Waals surface area contributed by atoms with E-state index in [1.807, 2.05) is 0 Å². The van der Waals surface area contributed by atoms with Gasteiger partial charge in [0, 0.05) is 5.69 Å². The van der Waals surface area contributed by atoms with E-state index in [-0.39, 0.29) is 10.9 Å². The first-order chi connectivity index (χ1) is 7.00. The molecule has 0 bridgehead atoms. The Balaban J connectivity index is 2.92. The van der Waals surface area contributed by atoms with Gasteiger partial charge in [0.1, 0.15) is 4.99 Å². The molecule has 1 aromatic rings. The molecule has 3 nitrogen and oxygen atoms in total. The molecule has 1 heterocycles. The van der Waals surface area contributed by atoms with Crippen molar-refractivity contribution >= 4 is 17.2 Å². The van der Waals surface area contributed by atoms with Crippen molar-refractivity contribution in [3.8, 4) is 5.88 Å². The number of ether oxygens (including phenoxy) is 1. The molecule has 0 aromatic carbocycles. The van der Waals surface area contributed by atoms with E-state index in [4.69, 9.17) is 22.7 Å². The normalized spacial score (nSPS) is 10.4. The molecule has 15 heavy (non-hydrogen) atoms. The van der Waals surface area contributed by atoms with E-state index in [2.05, 4.69) is 4.98 Å². The van der Waals surface area contributed by atoms with Crippen molar-refractivity contribution in [1.29, 1.82) is 0 Å². The van der Waals surface area contributed by atoms with Crippen molar-refractivity contribution in [2.75, 3.05) is 6.61 Å². The highest BCUT2D eigenvalue weighted by molar-refractivity contribution is 7.80. The molecule has 0 atom stereocenters. The lowest BCUT2D eigenvalue weighted by atomic mass is 10.2. The third-order valence-corrected chi connectivity index (χ3v) is 1.83. The first-order valence-corrected chi connectivity index (χ1v) is 4.60. The molecule has 1 aromatic heterocycles. The standard InChI is InChI=1S/C9H10F2N2OS/c1-5-2-3-6(8(12)15)9(13-5)14-4-7(10)11/h2-3,7H,4H2,1H3,(H2,12,15). The number of hydrogen-bond acceptors (Lipinski definition) is 3. The minimum atomic E-state index is -2.55. The van der Waals surface area contributed by atoms with Crippen LogP contribution in [0.4, 0.5) is 8.78 Å². The van der Waals surface area contributed by atoms with Crippen LogP contribution in [-0.2, 0) is 0 Å². The summed E-state index contributed by atoms with van der Waals surface area (Å²) in [5.74, 6) is 0.0581. The Labute approximate surface area is 91.3 Å². The second-order valence-electron chi connectivity index (χ2n) is 2.87. The van der Waals surface area contributed by atoms with Crippen LogP contribution in [0.2, 0.25) is 0 Å². The van der Waals surface area contributed by atoms with Crippen molar-refractivity contribution in [3.05, 3.63) is 23.4 Å². The molecule has 0 aliphatic carbocycles. The Hall–Kier alpha value is -1.30. The number of aromatic nitrogens is 1. The quantitative estimate of drug-likeness (QED) is 0.802. The average Bonchev–Trinajstić information content (AvgIpc) is 2.14. The number of nitrogens with two attached hydrogens (primary N) is 1. The summed E-state index contributed by atoms with van der Waals surface area (Å²) < 4.78 is 28.7. The average molecular weight is 232 g/mol. The van der Waals surface area contributed by atoms with Gasteiger partial charge in [-0.3, -0.25) is 0 Å². The van der Waals surface area contributed by atoms with E-state index >= 15 is 0 Å². The zero-order chi connectivity index (χ0) is 11.4. The van der Waals surface area contributed by atoms with Crippen molar-refractivity contribution in [3.63, 3.8) is 0 Å². The largest absolute Gasteiger partial charge is 0.471 e. The fraction of sp³-hybridized carbons (Fsp3) is 0.333. The molecule has 0 amide bonds. The molecule has 0 saturated heterocycles. The molecule has 2 N–H and O–H groups in total. The van der Waals surface area contributed by atoms with E-state index in [0.717, 1.165) is 0 Å². The number of rotatable bonds is 4. The molecule has 0 spiro atoms. The molecule has 0 aliphatic heterocycles. The summed E-state index contributed by atoms with van der Waals surface area (Å²) >= 11 is 4.74. The monoisotopic (exact) mass is 232 g/mol. The molecule has 0 fully saturated rings. The van der Waals surface area contributed by atoms with Gasteiger partial charge >= 0.3 is 0 Å². The van der Waals surface area contributed by atoms with Crippen molar-refractivity contribution in [2.24, 2.45) is 5.73 Å². The van der Waals surface area contributed by atoms with Crippen molar-refractivity contribution in [1.82, 2.24) is 4.98 Å². The van der Waals surface area contributed by atoms with Crippen LogP contribution in [0.3, 0.4) is 0 Å². The minimum absolute atomic E-state index is 0.0581. The maximum absolute atomic E-state index is 11.9. The lowest BCUT2D eigenvalue weighted by Crippen LogP contribution is -2.15. The fourth-order valence-electron chi connectivity index (χ4n) is 0.972. The summed E-state index contributed by atoms with van der Waals surface area (Å²) in [5, 5.41) is 0. The molecule has 0 saturated carbocycles. The molecule has 82 valence electrons. The fourth-order valence-corrected chi connectivity index (χ4v) is 1.13. The molecule has 6 heteroatoms. The topological polar surface area (TPSA) is 48.1 Å². The third kappa shape index (κ3) is 3.39. The first-order valence-electron chi connectivity index (χ1n) is 4.19. The second-order valence-corrected chi connectivity index (χ2v) is 3.31. The molecule has 1 rings (SSSR count). The molecular formula is C9H10F2N2OS. The van der Waals surface area contributed by atoms with Gasteiger partial charge in [-0.05, 0) is 19.1 Å². The predicted octanol–water partition coefficient (Wildman–Crippen LogP) is 1.67. The lowest BCUT2D eigenvalue weighted by molar-refractivity contribution is 0.0794. The molecule has 0 aliphatic rings. The number of nitrogens with zero attached hydrogens (tertiary/aromatic N) is 1. The Kier molecular flexibility index (Phi) is 3.90. The van der Waals surface area contributed by atoms with Gasteiger partial charge in [0.05, 0.1) is 5.56 Å². The summed E-state index contributed by atoms with van der Waals surface area (Å²) in [6.45, 7) is 1.00. The van der Waals surface area contributed by atoms with E-state index in [1.165, 1.54) is 0 Å². The van der Waals surface area contributed by atoms with E-state index in [1.54, 1.807) is 19.1 Å². The zero-order valence-electron chi connectivity index (χ0n) is 8.04. The lowest BCUT2D eigenvalue weighted by Gasteiger charge is -2.09. The van der Waals surface area contributed by atoms with Gasteiger partial charge in [-0.15, -0.1) is 0 Å². The summed E-state index contributed by atoms with van der Waals surface area (Å²) in [6.07, 6.45) is -2.55. The van der Waals surface area contributed by atoms with Gasteiger partial charge < -0.3 is 10.5 Å². The molecular weight excluding hydrogens is 222 g/mol. The van der Waals surface area contributed by atoms with Crippen LogP contribution < -0.4 is 10.5 Å². The maximum atomic E-state index is 11.9. The van der Waals surface area contributed by atoms with Crippen LogP contribution in [-0.4, -0.2) is 23.0 Å². The SMILES string of the molecule is Cc1ccc(C(N)=S)c(OCC(F)F)n1. The smallest absolute Gasteiger partial charge is 0.272 e. The highest BCUT2D eigenvalue weighted by atomic mass is 32.1. The van der Waals surface area contributed by atoms with Crippen LogP contribution in [0.25, 0.3) is 0 Å². The van der Waals surface area contributed by atoms with Crippen molar-refractivity contribution in [2.45, 2.75) is 13.3 Å². The van der Waals surface area contributed by atoms with Gasteiger partial charge in [-0.1, -0.05) is 12.2 Å². The maximum Gasteiger partial charge on any atom is 0.272 e. The van der Waals surface area contributed by atoms with Crippen LogP contribution in [0.15, 0.2) is 12.1 Å². The molecule has 0 radical (unpaired) electrons. The Morgan fingerprint density at radius 3 is 2.80 bits per heavy atom. The van der Waals surface area contributed by atoms with Gasteiger partial charge in [-0.25, -0.2) is 13.8 Å². The number of halogens is 2. The first kappa shape index (κ1) is 11.8. The highest BCUT2D eigenvalue weighted by Crippen LogP contribution is 2.16. The summed E-state index contributed by atoms with van der Waals surface area (Å²) in [7, 11) is 0. The number of pyridine rings is 1. The van der Waals surface area contributed by atoms with Crippen LogP contribution in [0.1, 0.15) is 11.3 Å². The predicted molar refractivity (Wildman–Crippen MR) is 56.4 cm³/mol.